The SMILES string of the molecule is C=Cc1ccc(C23CCC(C=C2CC)C3)cc1. The van der Waals surface area contributed by atoms with E-state index >= 15 is 0 Å². The molecule has 0 heterocycles. The molecule has 0 amide bonds. The van der Waals surface area contributed by atoms with E-state index in [1.165, 1.54) is 36.8 Å². The molecule has 0 aliphatic heterocycles. The lowest BCUT2D eigenvalue weighted by Gasteiger charge is -2.30. The van der Waals surface area contributed by atoms with Gasteiger partial charge in [0.05, 0.1) is 0 Å². The van der Waals surface area contributed by atoms with Gasteiger partial charge in [0.25, 0.3) is 0 Å². The van der Waals surface area contributed by atoms with Gasteiger partial charge >= 0.3 is 0 Å². The van der Waals surface area contributed by atoms with E-state index in [0.29, 0.717) is 5.41 Å². The molecule has 0 aromatic heterocycles. The maximum absolute atomic E-state index is 3.82. The Kier molecular flexibility index (Phi) is 2.47. The third-order valence-electron chi connectivity index (χ3n) is 4.68. The molecule has 0 N–H and O–H groups in total. The van der Waals surface area contributed by atoms with Crippen LogP contribution in [0.15, 0.2) is 42.5 Å². The molecule has 0 nitrogen and oxygen atoms in total. The Morgan fingerprint density at radius 1 is 1.35 bits per heavy atom. The van der Waals surface area contributed by atoms with Gasteiger partial charge in [0.2, 0.25) is 0 Å². The first-order chi connectivity index (χ1) is 8.28. The molecule has 2 aliphatic rings. The number of hydrogen-bond acceptors (Lipinski definition) is 0. The second kappa shape index (κ2) is 3.87. The number of rotatable bonds is 3. The van der Waals surface area contributed by atoms with Gasteiger partial charge in [0.1, 0.15) is 0 Å². The maximum Gasteiger partial charge on any atom is 0.0167 e. The maximum atomic E-state index is 3.82. The molecule has 2 bridgehead atoms. The van der Waals surface area contributed by atoms with Crippen LogP contribution in [0.1, 0.15) is 43.7 Å². The molecular formula is C17H20. The quantitative estimate of drug-likeness (QED) is 0.652. The lowest BCUT2D eigenvalue weighted by atomic mass is 9.73. The summed E-state index contributed by atoms with van der Waals surface area (Å²) in [6, 6.07) is 9.04. The molecule has 88 valence electrons. The molecule has 0 heteroatoms. The zero-order valence-corrected chi connectivity index (χ0v) is 10.6. The van der Waals surface area contributed by atoms with E-state index in [1.54, 1.807) is 5.57 Å². The van der Waals surface area contributed by atoms with Crippen molar-refractivity contribution < 1.29 is 0 Å². The molecule has 2 aliphatic carbocycles. The molecule has 0 radical (unpaired) electrons. The summed E-state index contributed by atoms with van der Waals surface area (Å²) in [5.41, 5.74) is 4.81. The number of hydrogen-bond donors (Lipinski definition) is 0. The predicted octanol–water partition coefficient (Wildman–Crippen LogP) is 4.72. The van der Waals surface area contributed by atoms with Crippen LogP contribution in [0.5, 0.6) is 0 Å². The fraction of sp³-hybridized carbons (Fsp3) is 0.412. The Balaban J connectivity index is 2.02. The second-order valence-corrected chi connectivity index (χ2v) is 5.46. The summed E-state index contributed by atoms with van der Waals surface area (Å²) in [5, 5.41) is 0. The molecule has 0 saturated heterocycles. The highest BCUT2D eigenvalue weighted by Crippen LogP contribution is 2.55. The minimum absolute atomic E-state index is 0.388. The van der Waals surface area contributed by atoms with Gasteiger partial charge in [-0.1, -0.05) is 55.5 Å². The molecule has 1 fully saturated rings. The monoisotopic (exact) mass is 224 g/mol. The zero-order chi connectivity index (χ0) is 11.9. The Hall–Kier alpha value is -1.30. The van der Waals surface area contributed by atoms with Crippen molar-refractivity contribution in [2.45, 2.75) is 38.0 Å². The molecule has 3 rings (SSSR count). The van der Waals surface area contributed by atoms with Crippen LogP contribution < -0.4 is 0 Å². The first kappa shape index (κ1) is 10.8. The number of fused-ring (bicyclic) bond motifs is 2. The number of allylic oxidation sites excluding steroid dienone is 2. The smallest absolute Gasteiger partial charge is 0.0167 e. The van der Waals surface area contributed by atoms with Crippen molar-refractivity contribution in [3.05, 3.63) is 53.6 Å². The van der Waals surface area contributed by atoms with Crippen LogP contribution in [0.4, 0.5) is 0 Å². The molecular weight excluding hydrogens is 204 g/mol. The minimum atomic E-state index is 0.388. The standard InChI is InChI=1S/C17H20/c1-3-13-5-7-16(8-6-13)17-10-9-14(12-17)11-15(17)4-2/h3,5-8,11,14H,1,4,9-10,12H2,2H3. The Labute approximate surface area is 104 Å². The van der Waals surface area contributed by atoms with Crippen molar-refractivity contribution in [1.82, 2.24) is 0 Å². The van der Waals surface area contributed by atoms with E-state index in [4.69, 9.17) is 0 Å². The first-order valence-electron chi connectivity index (χ1n) is 6.72. The van der Waals surface area contributed by atoms with Crippen LogP contribution in [-0.2, 0) is 5.41 Å². The van der Waals surface area contributed by atoms with Crippen LogP contribution in [0.25, 0.3) is 6.08 Å². The van der Waals surface area contributed by atoms with Gasteiger partial charge < -0.3 is 0 Å². The van der Waals surface area contributed by atoms with Crippen LogP contribution in [-0.4, -0.2) is 0 Å². The van der Waals surface area contributed by atoms with Crippen LogP contribution >= 0.6 is 0 Å². The molecule has 1 aromatic rings. The van der Waals surface area contributed by atoms with E-state index < -0.39 is 0 Å². The van der Waals surface area contributed by atoms with E-state index in [9.17, 15) is 0 Å². The second-order valence-electron chi connectivity index (χ2n) is 5.46. The lowest BCUT2D eigenvalue weighted by Crippen LogP contribution is -2.23. The average Bonchev–Trinajstić information content (AvgIpc) is 2.97. The summed E-state index contributed by atoms with van der Waals surface area (Å²) in [5.74, 6) is 0.851. The van der Waals surface area contributed by atoms with Gasteiger partial charge in [0, 0.05) is 5.41 Å². The van der Waals surface area contributed by atoms with Gasteiger partial charge in [-0.25, -0.2) is 0 Å². The van der Waals surface area contributed by atoms with Gasteiger partial charge in [-0.15, -0.1) is 0 Å². The lowest BCUT2D eigenvalue weighted by molar-refractivity contribution is 0.520. The summed E-state index contributed by atoms with van der Waals surface area (Å²) in [7, 11) is 0. The third-order valence-corrected chi connectivity index (χ3v) is 4.68. The van der Waals surface area contributed by atoms with Crippen LogP contribution in [0.3, 0.4) is 0 Å². The molecule has 2 unspecified atom stereocenters. The Morgan fingerprint density at radius 3 is 2.71 bits per heavy atom. The van der Waals surface area contributed by atoms with Crippen molar-refractivity contribution in [3.63, 3.8) is 0 Å². The van der Waals surface area contributed by atoms with Gasteiger partial charge in [-0.2, -0.15) is 0 Å². The summed E-state index contributed by atoms with van der Waals surface area (Å²) in [6.07, 6.45) is 9.76. The summed E-state index contributed by atoms with van der Waals surface area (Å²) >= 11 is 0. The highest BCUT2D eigenvalue weighted by atomic mass is 14.5. The van der Waals surface area contributed by atoms with Gasteiger partial charge in [0.15, 0.2) is 0 Å². The van der Waals surface area contributed by atoms with Crippen LogP contribution in [0, 0.1) is 5.92 Å². The van der Waals surface area contributed by atoms with Gasteiger partial charge in [-0.3, -0.25) is 0 Å². The van der Waals surface area contributed by atoms with Crippen LogP contribution in [0.2, 0.25) is 0 Å². The van der Waals surface area contributed by atoms with Gasteiger partial charge in [-0.05, 0) is 42.7 Å². The molecule has 0 spiro atoms. The fourth-order valence-electron chi connectivity index (χ4n) is 3.80. The van der Waals surface area contributed by atoms with E-state index in [-0.39, 0.29) is 0 Å². The topological polar surface area (TPSA) is 0 Å². The van der Waals surface area contributed by atoms with Crippen molar-refractivity contribution in [2.24, 2.45) is 5.92 Å². The first-order valence-corrected chi connectivity index (χ1v) is 6.72. The molecule has 1 saturated carbocycles. The average molecular weight is 224 g/mol. The Bertz CT molecular complexity index is 463. The van der Waals surface area contributed by atoms with E-state index in [1.807, 2.05) is 6.08 Å². The van der Waals surface area contributed by atoms with Crippen molar-refractivity contribution in [3.8, 4) is 0 Å². The largest absolute Gasteiger partial charge is 0.0985 e. The predicted molar refractivity (Wildman–Crippen MR) is 73.9 cm³/mol. The van der Waals surface area contributed by atoms with Crippen molar-refractivity contribution >= 4 is 6.08 Å². The van der Waals surface area contributed by atoms with Crippen molar-refractivity contribution in [1.29, 1.82) is 0 Å². The minimum Gasteiger partial charge on any atom is -0.0985 e. The number of benzene rings is 1. The molecule has 1 aromatic carbocycles. The fourth-order valence-corrected chi connectivity index (χ4v) is 3.80. The normalized spacial score (nSPS) is 30.4. The zero-order valence-electron chi connectivity index (χ0n) is 10.6. The summed E-state index contributed by atoms with van der Waals surface area (Å²) in [6.45, 7) is 6.12. The highest BCUT2D eigenvalue weighted by Gasteiger charge is 2.46. The summed E-state index contributed by atoms with van der Waals surface area (Å²) < 4.78 is 0. The van der Waals surface area contributed by atoms with E-state index in [2.05, 4.69) is 43.8 Å². The van der Waals surface area contributed by atoms with Crippen molar-refractivity contribution in [2.75, 3.05) is 0 Å². The molecule has 17 heavy (non-hydrogen) atoms. The molecule has 2 atom stereocenters. The summed E-state index contributed by atoms with van der Waals surface area (Å²) in [4.78, 5) is 0. The Morgan fingerprint density at radius 2 is 2.12 bits per heavy atom. The third kappa shape index (κ3) is 1.50. The highest BCUT2D eigenvalue weighted by molar-refractivity contribution is 5.50. The van der Waals surface area contributed by atoms with E-state index in [0.717, 1.165) is 5.92 Å².